The number of nitrogens with one attached hydrogen (secondary N) is 1. The highest BCUT2D eigenvalue weighted by Gasteiger charge is 2.26. The molecule has 3 amide bonds. The molecule has 36 heavy (non-hydrogen) atoms. The second kappa shape index (κ2) is 11.4. The quantitative estimate of drug-likeness (QED) is 0.498. The van der Waals surface area contributed by atoms with Gasteiger partial charge >= 0.3 is 6.03 Å². The molecule has 1 aliphatic heterocycles. The zero-order chi connectivity index (χ0) is 25.7. The summed E-state index contributed by atoms with van der Waals surface area (Å²) in [5.74, 6) is 0.196. The minimum Gasteiger partial charge on any atom is -0.495 e. The summed E-state index contributed by atoms with van der Waals surface area (Å²) < 4.78 is 19.4. The maximum absolute atomic E-state index is 14.0. The number of thiazole rings is 1. The Bertz CT molecular complexity index is 1210. The second-order valence-corrected chi connectivity index (χ2v) is 9.65. The number of urea groups is 1. The third-order valence-electron chi connectivity index (χ3n) is 6.07. The van der Waals surface area contributed by atoms with Crippen molar-refractivity contribution in [3.63, 3.8) is 0 Å². The number of rotatable bonds is 7. The highest BCUT2D eigenvalue weighted by atomic mass is 32.1. The highest BCUT2D eigenvalue weighted by Crippen LogP contribution is 2.28. The van der Waals surface area contributed by atoms with Crippen LogP contribution in [0.2, 0.25) is 0 Å². The molecular formula is C26H30FN5O3S. The van der Waals surface area contributed by atoms with Gasteiger partial charge in [0, 0.05) is 37.6 Å². The van der Waals surface area contributed by atoms with E-state index in [-0.39, 0.29) is 24.2 Å². The van der Waals surface area contributed by atoms with Crippen molar-refractivity contribution in [1.82, 2.24) is 14.8 Å². The molecule has 0 saturated carbocycles. The average Bonchev–Trinajstić information content (AvgIpc) is 3.37. The number of hydrogen-bond acceptors (Lipinski definition) is 6. The van der Waals surface area contributed by atoms with Gasteiger partial charge < -0.3 is 24.8 Å². The van der Waals surface area contributed by atoms with Crippen LogP contribution in [0.15, 0.2) is 53.9 Å². The Morgan fingerprint density at radius 2 is 1.81 bits per heavy atom. The van der Waals surface area contributed by atoms with Gasteiger partial charge in [0.25, 0.3) is 5.91 Å². The van der Waals surface area contributed by atoms with E-state index in [2.05, 4.69) is 15.2 Å². The SMILES string of the molecule is COc1ccccc1N1CCN(C(=O)c2csc(CN(C(=O)Nc3ccccc3F)C(C)C)n2)CC1. The van der Waals surface area contributed by atoms with E-state index in [1.54, 1.807) is 34.4 Å². The first-order chi connectivity index (χ1) is 17.4. The maximum atomic E-state index is 14.0. The molecule has 1 aliphatic rings. The lowest BCUT2D eigenvalue weighted by molar-refractivity contribution is 0.0741. The maximum Gasteiger partial charge on any atom is 0.322 e. The predicted molar refractivity (Wildman–Crippen MR) is 139 cm³/mol. The monoisotopic (exact) mass is 511 g/mol. The lowest BCUT2D eigenvalue weighted by Crippen LogP contribution is -2.49. The Hall–Kier alpha value is -3.66. The van der Waals surface area contributed by atoms with Crippen molar-refractivity contribution in [3.05, 3.63) is 70.4 Å². The minimum absolute atomic E-state index is 0.121. The van der Waals surface area contributed by atoms with Crippen LogP contribution in [0.5, 0.6) is 5.75 Å². The van der Waals surface area contributed by atoms with Gasteiger partial charge in [0.15, 0.2) is 0 Å². The van der Waals surface area contributed by atoms with Gasteiger partial charge in [-0.2, -0.15) is 0 Å². The number of methoxy groups -OCH3 is 1. The summed E-state index contributed by atoms with van der Waals surface area (Å²) in [6.07, 6.45) is 0. The van der Waals surface area contributed by atoms with E-state index in [4.69, 9.17) is 4.74 Å². The molecule has 4 rings (SSSR count). The first-order valence-corrected chi connectivity index (χ1v) is 12.7. The van der Waals surface area contributed by atoms with Crippen LogP contribution in [0.25, 0.3) is 0 Å². The Morgan fingerprint density at radius 3 is 2.50 bits per heavy atom. The van der Waals surface area contributed by atoms with E-state index in [0.717, 1.165) is 11.4 Å². The molecule has 2 aromatic carbocycles. The second-order valence-electron chi connectivity index (χ2n) is 8.71. The third-order valence-corrected chi connectivity index (χ3v) is 6.90. The van der Waals surface area contributed by atoms with Crippen LogP contribution in [-0.2, 0) is 6.54 Å². The zero-order valence-electron chi connectivity index (χ0n) is 20.6. The van der Waals surface area contributed by atoms with E-state index < -0.39 is 11.8 Å². The molecule has 0 unspecified atom stereocenters. The number of carbonyl (C=O) groups is 2. The van der Waals surface area contributed by atoms with Crippen molar-refractivity contribution < 1.29 is 18.7 Å². The van der Waals surface area contributed by atoms with Crippen molar-refractivity contribution in [3.8, 4) is 5.75 Å². The number of benzene rings is 2. The van der Waals surface area contributed by atoms with E-state index in [0.29, 0.717) is 36.9 Å². The van der Waals surface area contributed by atoms with Gasteiger partial charge in [-0.05, 0) is 38.1 Å². The van der Waals surface area contributed by atoms with Crippen LogP contribution in [0.3, 0.4) is 0 Å². The molecule has 1 saturated heterocycles. The van der Waals surface area contributed by atoms with Crippen LogP contribution in [0.4, 0.5) is 20.6 Å². The summed E-state index contributed by atoms with van der Waals surface area (Å²) in [5.41, 5.74) is 1.51. The first kappa shape index (κ1) is 25.4. The van der Waals surface area contributed by atoms with E-state index >= 15 is 0 Å². The molecule has 3 aromatic rings. The summed E-state index contributed by atoms with van der Waals surface area (Å²) >= 11 is 1.34. The molecule has 0 spiro atoms. The number of ether oxygens (including phenoxy) is 1. The van der Waals surface area contributed by atoms with Crippen molar-refractivity contribution in [1.29, 1.82) is 0 Å². The fraction of sp³-hybridized carbons (Fsp3) is 0.346. The average molecular weight is 512 g/mol. The van der Waals surface area contributed by atoms with Crippen molar-refractivity contribution in [2.45, 2.75) is 26.4 Å². The summed E-state index contributed by atoms with van der Waals surface area (Å²) in [7, 11) is 1.66. The smallest absolute Gasteiger partial charge is 0.322 e. The molecule has 1 N–H and O–H groups in total. The number of hydrogen-bond donors (Lipinski definition) is 1. The summed E-state index contributed by atoms with van der Waals surface area (Å²) in [4.78, 5) is 36.0. The molecule has 0 radical (unpaired) electrons. The number of halogens is 1. The molecule has 0 atom stereocenters. The molecule has 10 heteroatoms. The Labute approximate surface area is 214 Å². The number of amides is 3. The number of carbonyl (C=O) groups excluding carboxylic acids is 2. The number of aromatic nitrogens is 1. The van der Waals surface area contributed by atoms with Gasteiger partial charge in [-0.1, -0.05) is 24.3 Å². The van der Waals surface area contributed by atoms with Gasteiger partial charge in [-0.3, -0.25) is 4.79 Å². The van der Waals surface area contributed by atoms with E-state index in [1.165, 1.54) is 23.5 Å². The fourth-order valence-electron chi connectivity index (χ4n) is 4.07. The van der Waals surface area contributed by atoms with Crippen LogP contribution >= 0.6 is 11.3 Å². The fourth-order valence-corrected chi connectivity index (χ4v) is 4.84. The molecule has 0 bridgehead atoms. The molecule has 190 valence electrons. The van der Waals surface area contributed by atoms with Crippen LogP contribution in [-0.4, -0.2) is 66.1 Å². The standard InChI is InChI=1S/C26H30FN5O3S/c1-18(2)32(26(34)29-20-9-5-4-8-19(20)27)16-24-28-21(17-36-24)25(33)31-14-12-30(13-15-31)22-10-6-7-11-23(22)35-3/h4-11,17-18H,12-16H2,1-3H3,(H,29,34). The molecule has 1 aromatic heterocycles. The lowest BCUT2D eigenvalue weighted by atomic mass is 10.2. The van der Waals surface area contributed by atoms with Crippen LogP contribution < -0.4 is 15.0 Å². The van der Waals surface area contributed by atoms with Gasteiger partial charge in [-0.15, -0.1) is 11.3 Å². The normalized spacial score (nSPS) is 13.6. The molecule has 1 fully saturated rings. The third kappa shape index (κ3) is 5.76. The molecule has 2 heterocycles. The van der Waals surface area contributed by atoms with Crippen molar-refractivity contribution >= 4 is 34.6 Å². The zero-order valence-corrected chi connectivity index (χ0v) is 21.4. The summed E-state index contributed by atoms with van der Waals surface area (Å²) in [6.45, 7) is 6.52. The summed E-state index contributed by atoms with van der Waals surface area (Å²) in [6, 6.07) is 13.3. The van der Waals surface area contributed by atoms with E-state index in [9.17, 15) is 14.0 Å². The van der Waals surface area contributed by atoms with Crippen LogP contribution in [0, 0.1) is 5.82 Å². The van der Waals surface area contributed by atoms with Crippen molar-refractivity contribution in [2.24, 2.45) is 0 Å². The first-order valence-electron chi connectivity index (χ1n) is 11.8. The highest BCUT2D eigenvalue weighted by molar-refractivity contribution is 7.09. The van der Waals surface area contributed by atoms with Gasteiger partial charge in [0.2, 0.25) is 0 Å². The Balaban J connectivity index is 1.37. The minimum atomic E-state index is -0.498. The topological polar surface area (TPSA) is 78.0 Å². The molecule has 8 nitrogen and oxygen atoms in total. The Morgan fingerprint density at radius 1 is 1.11 bits per heavy atom. The number of para-hydroxylation sites is 3. The van der Waals surface area contributed by atoms with E-state index in [1.807, 2.05) is 38.1 Å². The number of anilines is 2. The Kier molecular flexibility index (Phi) is 8.04. The van der Waals surface area contributed by atoms with Gasteiger partial charge in [0.05, 0.1) is 25.0 Å². The van der Waals surface area contributed by atoms with Gasteiger partial charge in [-0.25, -0.2) is 14.2 Å². The number of piperazine rings is 1. The predicted octanol–water partition coefficient (Wildman–Crippen LogP) is 4.70. The van der Waals surface area contributed by atoms with Crippen molar-refractivity contribution in [2.75, 3.05) is 43.5 Å². The van der Waals surface area contributed by atoms with Crippen LogP contribution in [0.1, 0.15) is 29.3 Å². The number of nitrogens with zero attached hydrogens (tertiary/aromatic N) is 4. The summed E-state index contributed by atoms with van der Waals surface area (Å²) in [5, 5.41) is 4.99. The molecular weight excluding hydrogens is 481 g/mol. The lowest BCUT2D eigenvalue weighted by Gasteiger charge is -2.36. The molecule has 0 aliphatic carbocycles. The van der Waals surface area contributed by atoms with Gasteiger partial charge in [0.1, 0.15) is 22.3 Å². The largest absolute Gasteiger partial charge is 0.495 e.